The van der Waals surface area contributed by atoms with Crippen LogP contribution >= 0.6 is 0 Å². The van der Waals surface area contributed by atoms with E-state index in [0.29, 0.717) is 78.2 Å². The highest BCUT2D eigenvalue weighted by Crippen LogP contribution is 2.28. The molecule has 0 saturated carbocycles. The van der Waals surface area contributed by atoms with E-state index in [9.17, 15) is 43.5 Å². The number of nitrogens with one attached hydrogen (secondary N) is 5. The highest BCUT2D eigenvalue weighted by atomic mass is 19.1. The molecule has 2 aromatic carbocycles. The van der Waals surface area contributed by atoms with Gasteiger partial charge in [0.2, 0.25) is 17.7 Å². The lowest BCUT2D eigenvalue weighted by Gasteiger charge is -2.40. The Kier molecular flexibility index (Phi) is 20.3. The fourth-order valence-electron chi connectivity index (χ4n) is 9.23. The molecule has 0 bridgehead atoms. The van der Waals surface area contributed by atoms with E-state index in [2.05, 4.69) is 36.6 Å². The molecular weight excluding hydrogens is 1020 g/mol. The number of benzene rings is 2. The van der Waals surface area contributed by atoms with Crippen LogP contribution in [0.4, 0.5) is 20.7 Å². The first kappa shape index (κ1) is 57.8. The zero-order valence-electron chi connectivity index (χ0n) is 43.8. The number of imide groups is 1. The first-order valence-corrected chi connectivity index (χ1v) is 25.9. The number of aromatic nitrogens is 3. The number of methoxy groups -OCH3 is 1. The number of alkyl halides is 1. The Morgan fingerprint density at radius 3 is 2.44 bits per heavy atom. The summed E-state index contributed by atoms with van der Waals surface area (Å²) >= 11 is 0. The Morgan fingerprint density at radius 1 is 0.949 bits per heavy atom. The quantitative estimate of drug-likeness (QED) is 0.0269. The van der Waals surface area contributed by atoms with Crippen LogP contribution in [0.15, 0.2) is 77.7 Å². The number of fused-ring (bicyclic) bond motifs is 2. The van der Waals surface area contributed by atoms with Crippen LogP contribution in [0, 0.1) is 5.92 Å². The minimum absolute atomic E-state index is 0.0482. The number of aliphatic hydroxyl groups excluding tert-OH is 1. The molecule has 1 unspecified atom stereocenters. The van der Waals surface area contributed by atoms with Crippen molar-refractivity contribution in [3.8, 4) is 11.5 Å². The van der Waals surface area contributed by atoms with Crippen LogP contribution in [-0.4, -0.2) is 153 Å². The van der Waals surface area contributed by atoms with Crippen LogP contribution in [0.25, 0.3) is 11.0 Å². The van der Waals surface area contributed by atoms with E-state index in [1.165, 1.54) is 30.4 Å². The number of aliphatic hydroxyl groups is 1. The summed E-state index contributed by atoms with van der Waals surface area (Å²) in [5.41, 5.74) is 7.50. The Bertz CT molecular complexity index is 2880. The summed E-state index contributed by atoms with van der Waals surface area (Å²) in [4.78, 5) is 116. The second-order valence-electron chi connectivity index (χ2n) is 19.5. The molecule has 7 amide bonds. The molecule has 4 aromatic rings. The van der Waals surface area contributed by atoms with Gasteiger partial charge in [0.15, 0.2) is 24.5 Å². The average molecular weight is 1080 g/mol. The summed E-state index contributed by atoms with van der Waals surface area (Å²) in [5, 5.41) is 23.2. The molecule has 24 nitrogen and oxygen atoms in total. The van der Waals surface area contributed by atoms with Crippen LogP contribution in [-0.2, 0) is 53.2 Å². The first-order valence-electron chi connectivity index (χ1n) is 25.9. The molecule has 0 aliphatic carbocycles. The zero-order chi connectivity index (χ0) is 55.9. The molecule has 418 valence electrons. The Hall–Kier alpha value is -7.87. The Labute approximate surface area is 449 Å². The second kappa shape index (κ2) is 27.4. The summed E-state index contributed by atoms with van der Waals surface area (Å²) in [6.07, 6.45) is 2.30. The standard InChI is InChI=1S/C53H67FN12O12/c1-32(2)48(61-43(67)9-5-4-6-22-65-45(69)18-19-46(65)70)51(73)60-39(8-7-21-56-52(55)74)50(72)59-34-12-10-33(11-13-34)30-78-53(75)66(28-35-14-17-42-49(58-35)62-44(68)31-77-42)40-20-23-63(29-37(40)54)24-25-64-41-26-36(76-3)15-16-38(41)57-27-47(64)71/h10-19,26-27,32,37,39-40,48,52,56,74H,4-9,20-25,28-31,55H2,1-3H3,(H,59,72)(H,60,73)(H,61,67)(H,58,62,68)/t37-,39+,40-,48+,52?/m1/s1. The lowest BCUT2D eigenvalue weighted by molar-refractivity contribution is -0.137. The molecule has 25 heteroatoms. The lowest BCUT2D eigenvalue weighted by atomic mass is 10.0. The van der Waals surface area contributed by atoms with E-state index >= 15 is 4.39 Å². The molecule has 5 heterocycles. The number of nitrogens with zero attached hydrogens (tertiary/aromatic N) is 6. The number of carbonyl (C=O) groups excluding carboxylic acids is 7. The number of unbranched alkanes of at least 4 members (excludes halogenated alkanes) is 2. The predicted molar refractivity (Wildman–Crippen MR) is 282 cm³/mol. The number of pyridine rings is 1. The molecule has 1 saturated heterocycles. The number of carbonyl (C=O) groups is 7. The summed E-state index contributed by atoms with van der Waals surface area (Å²) in [7, 11) is 1.53. The number of rotatable bonds is 26. The van der Waals surface area contributed by atoms with E-state index in [1.54, 1.807) is 73.0 Å². The largest absolute Gasteiger partial charge is 0.497 e. The Balaban J connectivity index is 0.958. The van der Waals surface area contributed by atoms with Crippen LogP contribution in [0.2, 0.25) is 0 Å². The van der Waals surface area contributed by atoms with Gasteiger partial charge in [-0.2, -0.15) is 0 Å². The van der Waals surface area contributed by atoms with Crippen LogP contribution in [0.1, 0.15) is 70.1 Å². The van der Waals surface area contributed by atoms with Crippen molar-refractivity contribution in [2.75, 3.05) is 57.1 Å². The molecule has 0 spiro atoms. The fourth-order valence-corrected chi connectivity index (χ4v) is 9.23. The van der Waals surface area contributed by atoms with Crippen LogP contribution in [0.5, 0.6) is 11.5 Å². The number of nitrogens with two attached hydrogens (primary N) is 1. The summed E-state index contributed by atoms with van der Waals surface area (Å²) in [5.74, 6) is -1.96. The molecule has 78 heavy (non-hydrogen) atoms. The summed E-state index contributed by atoms with van der Waals surface area (Å²) in [6, 6.07) is 11.9. The third-order valence-corrected chi connectivity index (χ3v) is 13.5. The molecule has 1 fully saturated rings. The maximum absolute atomic E-state index is 16.5. The van der Waals surface area contributed by atoms with E-state index < -0.39 is 54.5 Å². The number of piperidine rings is 1. The number of amides is 7. The van der Waals surface area contributed by atoms with Crippen LogP contribution < -0.4 is 47.4 Å². The molecule has 3 aliphatic rings. The van der Waals surface area contributed by atoms with Gasteiger partial charge in [-0.25, -0.2) is 19.2 Å². The number of hydrogen-bond donors (Lipinski definition) is 7. The number of hydrogen-bond acceptors (Lipinski definition) is 17. The summed E-state index contributed by atoms with van der Waals surface area (Å²) < 4.78 is 34.7. The topological polar surface area (TPSA) is 311 Å². The monoisotopic (exact) mass is 1080 g/mol. The third-order valence-electron chi connectivity index (χ3n) is 13.5. The van der Waals surface area contributed by atoms with E-state index in [-0.39, 0.29) is 100 Å². The van der Waals surface area contributed by atoms with Crippen molar-refractivity contribution in [3.05, 3.63) is 94.6 Å². The van der Waals surface area contributed by atoms with Crippen molar-refractivity contribution < 1.29 is 57.3 Å². The highest BCUT2D eigenvalue weighted by Gasteiger charge is 2.38. The van der Waals surface area contributed by atoms with Gasteiger partial charge in [-0.05, 0) is 86.5 Å². The van der Waals surface area contributed by atoms with E-state index in [1.807, 2.05) is 4.90 Å². The van der Waals surface area contributed by atoms with Crippen molar-refractivity contribution in [1.29, 1.82) is 0 Å². The lowest BCUT2D eigenvalue weighted by Crippen LogP contribution is -2.54. The number of ether oxygens (including phenoxy) is 3. The van der Waals surface area contributed by atoms with Gasteiger partial charge in [0.1, 0.15) is 30.6 Å². The van der Waals surface area contributed by atoms with Crippen molar-refractivity contribution in [2.24, 2.45) is 11.7 Å². The molecule has 2 aromatic heterocycles. The van der Waals surface area contributed by atoms with Gasteiger partial charge in [0.05, 0.1) is 42.6 Å². The van der Waals surface area contributed by atoms with Crippen molar-refractivity contribution in [2.45, 2.75) is 109 Å². The molecule has 5 atom stereocenters. The molecular formula is C53H67FN12O12. The smallest absolute Gasteiger partial charge is 0.410 e. The number of halogens is 1. The minimum Gasteiger partial charge on any atom is -0.497 e. The van der Waals surface area contributed by atoms with Gasteiger partial charge in [-0.1, -0.05) is 32.4 Å². The molecule has 7 rings (SSSR count). The first-order chi connectivity index (χ1) is 37.5. The molecule has 3 aliphatic heterocycles. The van der Waals surface area contributed by atoms with Gasteiger partial charge >= 0.3 is 6.09 Å². The van der Waals surface area contributed by atoms with Gasteiger partial charge in [-0.3, -0.25) is 59.3 Å². The zero-order valence-corrected chi connectivity index (χ0v) is 43.8. The fraction of sp³-hybridized carbons (Fsp3) is 0.472. The normalized spacial score (nSPS) is 17.4. The SMILES string of the molecule is COc1ccc2ncc(=O)n(CCN3CC[C@@H](N(Cc4ccc5c(n4)NC(=O)CO5)C(=O)OCc4ccc(NC(=O)[C@H](CCCNC(N)O)NC(=O)[C@@H](NC(=O)CCCCCN5C(=O)C=CC5=O)C(C)C)cc4)[C@H](F)C3)c2c1. The van der Waals surface area contributed by atoms with E-state index in [4.69, 9.17) is 19.9 Å². The minimum atomic E-state index is -1.54. The van der Waals surface area contributed by atoms with Gasteiger partial charge in [-0.15, -0.1) is 0 Å². The maximum Gasteiger partial charge on any atom is 0.410 e. The van der Waals surface area contributed by atoms with Gasteiger partial charge in [0, 0.05) is 63.1 Å². The molecule has 8 N–H and O–H groups in total. The Morgan fingerprint density at radius 2 is 1.72 bits per heavy atom. The number of likely N-dealkylation sites (tertiary alicyclic amines) is 1. The van der Waals surface area contributed by atoms with Crippen molar-refractivity contribution in [1.82, 2.24) is 45.2 Å². The average Bonchev–Trinajstić information content (AvgIpc) is 3.75. The van der Waals surface area contributed by atoms with Crippen LogP contribution in [0.3, 0.4) is 0 Å². The third kappa shape index (κ3) is 15.9. The van der Waals surface area contributed by atoms with E-state index in [0.717, 1.165) is 4.90 Å². The second-order valence-corrected chi connectivity index (χ2v) is 19.5. The van der Waals surface area contributed by atoms with Gasteiger partial charge < -0.3 is 45.2 Å². The summed E-state index contributed by atoms with van der Waals surface area (Å²) in [6.45, 7) is 4.30. The van der Waals surface area contributed by atoms with Gasteiger partial charge in [0.25, 0.3) is 23.3 Å². The van der Waals surface area contributed by atoms with Crippen molar-refractivity contribution >= 4 is 64.1 Å². The predicted octanol–water partition coefficient (Wildman–Crippen LogP) is 2.04. The maximum atomic E-state index is 16.5. The number of anilines is 2. The van der Waals surface area contributed by atoms with Crippen molar-refractivity contribution in [3.63, 3.8) is 0 Å². The molecule has 0 radical (unpaired) electrons. The highest BCUT2D eigenvalue weighted by molar-refractivity contribution is 6.12.